The van der Waals surface area contributed by atoms with Gasteiger partial charge in [0, 0.05) is 18.1 Å². The molecule has 1 aromatic carbocycles. The molecule has 0 unspecified atom stereocenters. The molecule has 0 saturated carbocycles. The molecule has 1 aromatic heterocycles. The molecule has 9 heteroatoms. The molecule has 0 aliphatic heterocycles. The van der Waals surface area contributed by atoms with E-state index in [1.54, 1.807) is 0 Å². The number of benzene rings is 1. The average Bonchev–Trinajstić information content (AvgIpc) is 2.43. The summed E-state index contributed by atoms with van der Waals surface area (Å²) in [6.45, 7) is 0. The van der Waals surface area contributed by atoms with Gasteiger partial charge in [-0.3, -0.25) is 4.98 Å². The molecule has 0 spiro atoms. The minimum absolute atomic E-state index is 0.320. The largest absolute Gasteiger partial charge is 0.419 e. The zero-order valence-electron chi connectivity index (χ0n) is 10.7. The molecule has 0 saturated heterocycles. The van der Waals surface area contributed by atoms with Crippen LogP contribution in [-0.4, -0.2) is 11.0 Å². The molecule has 0 bridgehead atoms. The zero-order valence-corrected chi connectivity index (χ0v) is 10.7. The van der Waals surface area contributed by atoms with Crippen molar-refractivity contribution in [2.24, 2.45) is 0 Å². The first-order chi connectivity index (χ1) is 10.3. The van der Waals surface area contributed by atoms with E-state index >= 15 is 0 Å². The van der Waals surface area contributed by atoms with Gasteiger partial charge < -0.3 is 10.6 Å². The van der Waals surface area contributed by atoms with Crippen molar-refractivity contribution < 1.29 is 26.7 Å². The standard InChI is InChI=1S/C13H8F5N3O/c14-10-8(13(16,17)18)1-2-9(11(10)15)21-12(22)20-7-3-5-19-6-4-7/h1-6H,(H2,19,20,21,22). The number of nitrogens with one attached hydrogen (secondary N) is 2. The summed E-state index contributed by atoms with van der Waals surface area (Å²) in [4.78, 5) is 15.3. The summed E-state index contributed by atoms with van der Waals surface area (Å²) >= 11 is 0. The molecule has 0 aliphatic rings. The fraction of sp³-hybridized carbons (Fsp3) is 0.0769. The number of amides is 2. The third-order valence-corrected chi connectivity index (χ3v) is 2.57. The monoisotopic (exact) mass is 317 g/mol. The first-order valence-electron chi connectivity index (χ1n) is 5.82. The Hall–Kier alpha value is -2.71. The summed E-state index contributed by atoms with van der Waals surface area (Å²) in [5, 5.41) is 4.21. The van der Waals surface area contributed by atoms with Crippen LogP contribution in [0, 0.1) is 11.6 Å². The number of anilines is 2. The van der Waals surface area contributed by atoms with Gasteiger partial charge in [-0.1, -0.05) is 0 Å². The van der Waals surface area contributed by atoms with E-state index in [4.69, 9.17) is 0 Å². The Morgan fingerprint density at radius 2 is 1.59 bits per heavy atom. The number of carbonyl (C=O) groups excluding carboxylic acids is 1. The number of urea groups is 1. The fourth-order valence-electron chi connectivity index (χ4n) is 1.58. The Labute approximate surface area is 121 Å². The molecule has 22 heavy (non-hydrogen) atoms. The molecular formula is C13H8F5N3O. The molecule has 0 radical (unpaired) electrons. The maximum atomic E-state index is 13.6. The molecule has 0 aliphatic carbocycles. The van der Waals surface area contributed by atoms with Crippen molar-refractivity contribution in [1.29, 1.82) is 0 Å². The predicted molar refractivity (Wildman–Crippen MR) is 68.2 cm³/mol. The Morgan fingerprint density at radius 1 is 0.955 bits per heavy atom. The number of rotatable bonds is 2. The molecule has 1 heterocycles. The van der Waals surface area contributed by atoms with E-state index in [9.17, 15) is 26.7 Å². The Balaban J connectivity index is 2.17. The predicted octanol–water partition coefficient (Wildman–Crippen LogP) is 4.02. The average molecular weight is 317 g/mol. The second-order valence-corrected chi connectivity index (χ2v) is 4.10. The number of alkyl halides is 3. The van der Waals surface area contributed by atoms with E-state index in [0.29, 0.717) is 17.8 Å². The minimum atomic E-state index is -5.03. The Bertz CT molecular complexity index is 688. The molecule has 2 amide bonds. The number of hydrogen-bond donors (Lipinski definition) is 2. The van der Waals surface area contributed by atoms with Gasteiger partial charge in [0.2, 0.25) is 0 Å². The first-order valence-corrected chi connectivity index (χ1v) is 5.82. The van der Waals surface area contributed by atoms with Crippen molar-refractivity contribution in [2.45, 2.75) is 6.18 Å². The second kappa shape index (κ2) is 5.96. The van der Waals surface area contributed by atoms with Gasteiger partial charge in [0.15, 0.2) is 11.6 Å². The van der Waals surface area contributed by atoms with Crippen LogP contribution in [0.15, 0.2) is 36.7 Å². The second-order valence-electron chi connectivity index (χ2n) is 4.10. The summed E-state index contributed by atoms with van der Waals surface area (Å²) in [6.07, 6.45) is -2.26. The molecule has 2 rings (SSSR count). The topological polar surface area (TPSA) is 54.0 Å². The highest BCUT2D eigenvalue weighted by atomic mass is 19.4. The number of carbonyl (C=O) groups is 1. The summed E-state index contributed by atoms with van der Waals surface area (Å²) in [5.74, 6) is -3.87. The highest BCUT2D eigenvalue weighted by molar-refractivity contribution is 5.99. The van der Waals surface area contributed by atoms with Crippen LogP contribution in [0.2, 0.25) is 0 Å². The van der Waals surface area contributed by atoms with Gasteiger partial charge in [0.05, 0.1) is 11.3 Å². The van der Waals surface area contributed by atoms with Crippen molar-refractivity contribution >= 4 is 17.4 Å². The summed E-state index contributed by atoms with van der Waals surface area (Å²) < 4.78 is 64.1. The lowest BCUT2D eigenvalue weighted by Crippen LogP contribution is -2.21. The van der Waals surface area contributed by atoms with Crippen LogP contribution in [-0.2, 0) is 6.18 Å². The van der Waals surface area contributed by atoms with Crippen molar-refractivity contribution in [2.75, 3.05) is 10.6 Å². The third-order valence-electron chi connectivity index (χ3n) is 2.57. The van der Waals surface area contributed by atoms with Crippen LogP contribution >= 0.6 is 0 Å². The highest BCUT2D eigenvalue weighted by Gasteiger charge is 2.36. The maximum absolute atomic E-state index is 13.6. The van der Waals surface area contributed by atoms with Gasteiger partial charge in [-0.2, -0.15) is 13.2 Å². The summed E-state index contributed by atoms with van der Waals surface area (Å²) in [7, 11) is 0. The van der Waals surface area contributed by atoms with Gasteiger partial charge in [-0.15, -0.1) is 0 Å². The van der Waals surface area contributed by atoms with E-state index in [1.165, 1.54) is 24.5 Å². The van der Waals surface area contributed by atoms with Crippen LogP contribution < -0.4 is 10.6 Å². The van der Waals surface area contributed by atoms with E-state index in [2.05, 4.69) is 10.3 Å². The SMILES string of the molecule is O=C(Nc1ccncc1)Nc1ccc(C(F)(F)F)c(F)c1F. The summed E-state index contributed by atoms with van der Waals surface area (Å²) in [5.41, 5.74) is -2.14. The lowest BCUT2D eigenvalue weighted by molar-refractivity contribution is -0.140. The van der Waals surface area contributed by atoms with Crippen LogP contribution in [0.4, 0.5) is 38.1 Å². The number of aromatic nitrogens is 1. The highest BCUT2D eigenvalue weighted by Crippen LogP contribution is 2.34. The van der Waals surface area contributed by atoms with Crippen LogP contribution in [0.25, 0.3) is 0 Å². The Kier molecular flexibility index (Phi) is 4.25. The quantitative estimate of drug-likeness (QED) is 0.822. The van der Waals surface area contributed by atoms with Crippen molar-refractivity contribution in [3.63, 3.8) is 0 Å². The van der Waals surface area contributed by atoms with E-state index in [0.717, 1.165) is 0 Å². The van der Waals surface area contributed by atoms with Crippen molar-refractivity contribution in [3.05, 3.63) is 53.9 Å². The van der Waals surface area contributed by atoms with Crippen molar-refractivity contribution in [3.8, 4) is 0 Å². The minimum Gasteiger partial charge on any atom is -0.308 e. The van der Waals surface area contributed by atoms with Crippen LogP contribution in [0.3, 0.4) is 0 Å². The van der Waals surface area contributed by atoms with Gasteiger partial charge in [0.1, 0.15) is 0 Å². The molecule has 2 aromatic rings. The van der Waals surface area contributed by atoms with Gasteiger partial charge in [-0.25, -0.2) is 13.6 Å². The molecular weight excluding hydrogens is 309 g/mol. The number of halogens is 5. The van der Waals surface area contributed by atoms with E-state index < -0.39 is 35.1 Å². The molecule has 0 atom stereocenters. The summed E-state index contributed by atoms with van der Waals surface area (Å²) in [6, 6.07) is 2.91. The fourth-order valence-corrected chi connectivity index (χ4v) is 1.58. The first kappa shape index (κ1) is 15.7. The van der Waals surface area contributed by atoms with Gasteiger partial charge in [-0.05, 0) is 24.3 Å². The number of pyridine rings is 1. The van der Waals surface area contributed by atoms with Crippen LogP contribution in [0.5, 0.6) is 0 Å². The van der Waals surface area contributed by atoms with Crippen molar-refractivity contribution in [1.82, 2.24) is 4.98 Å². The smallest absolute Gasteiger partial charge is 0.308 e. The lowest BCUT2D eigenvalue weighted by Gasteiger charge is -2.12. The molecule has 0 fully saturated rings. The molecule has 2 N–H and O–H groups in total. The Morgan fingerprint density at radius 3 is 2.18 bits per heavy atom. The van der Waals surface area contributed by atoms with Gasteiger partial charge in [0.25, 0.3) is 0 Å². The zero-order chi connectivity index (χ0) is 16.3. The molecule has 116 valence electrons. The number of nitrogens with zero attached hydrogens (tertiary/aromatic N) is 1. The maximum Gasteiger partial charge on any atom is 0.419 e. The third kappa shape index (κ3) is 3.48. The lowest BCUT2D eigenvalue weighted by atomic mass is 10.1. The molecule has 4 nitrogen and oxygen atoms in total. The van der Waals surface area contributed by atoms with Gasteiger partial charge >= 0.3 is 12.2 Å². The number of hydrogen-bond acceptors (Lipinski definition) is 2. The normalized spacial score (nSPS) is 11.1. The van der Waals surface area contributed by atoms with E-state index in [-0.39, 0.29) is 0 Å². The van der Waals surface area contributed by atoms with Crippen LogP contribution in [0.1, 0.15) is 5.56 Å². The van der Waals surface area contributed by atoms with E-state index in [1.807, 2.05) is 5.32 Å².